The molecule has 1 aromatic carbocycles. The van der Waals surface area contributed by atoms with E-state index in [-0.39, 0.29) is 31.6 Å². The molecule has 0 aromatic heterocycles. The predicted octanol–water partition coefficient (Wildman–Crippen LogP) is 4.44. The molecule has 1 aromatic rings. The van der Waals surface area contributed by atoms with Crippen LogP contribution in [0.3, 0.4) is 0 Å². The van der Waals surface area contributed by atoms with Crippen molar-refractivity contribution in [2.45, 2.75) is 57.8 Å². The minimum atomic E-state index is -0.356. The number of hydrogen-bond donors (Lipinski definition) is 0. The van der Waals surface area contributed by atoms with Crippen LogP contribution in [0.15, 0.2) is 65.8 Å². The summed E-state index contributed by atoms with van der Waals surface area (Å²) in [5.41, 5.74) is 2.51. The van der Waals surface area contributed by atoms with Gasteiger partial charge in [-0.25, -0.2) is 4.79 Å². The van der Waals surface area contributed by atoms with Crippen LogP contribution in [0.25, 0.3) is 0 Å². The summed E-state index contributed by atoms with van der Waals surface area (Å²) in [4.78, 5) is 36.0. The normalized spacial score (nSPS) is 14.0. The Morgan fingerprint density at radius 2 is 1.61 bits per heavy atom. The predicted molar refractivity (Wildman–Crippen MR) is 131 cm³/mol. The fourth-order valence-electron chi connectivity index (χ4n) is 3.53. The molecule has 0 bridgehead atoms. The maximum Gasteiger partial charge on any atom is 0.333 e. The Morgan fingerprint density at radius 1 is 0.939 bits per heavy atom. The monoisotopic (exact) mass is 518 g/mol. The smallest absolute Gasteiger partial charge is 0.333 e. The number of allylic oxidation sites excluding steroid dienone is 3. The number of methoxy groups -OCH3 is 2. The molecule has 0 heterocycles. The Morgan fingerprint density at radius 3 is 2.24 bits per heavy atom. The zero-order chi connectivity index (χ0) is 24.1. The van der Waals surface area contributed by atoms with Gasteiger partial charge in [-0.1, -0.05) is 6.58 Å². The van der Waals surface area contributed by atoms with Gasteiger partial charge in [-0.3, -0.25) is 0 Å². The van der Waals surface area contributed by atoms with Crippen LogP contribution in [0.2, 0.25) is 0 Å². The van der Waals surface area contributed by atoms with Crippen molar-refractivity contribution in [3.05, 3.63) is 65.8 Å². The van der Waals surface area contributed by atoms with Gasteiger partial charge in [-0.2, -0.15) is 0 Å². The average Bonchev–Trinajstić information content (AvgIpc) is 3.66. The number of ether oxygens (including phenoxy) is 2. The van der Waals surface area contributed by atoms with Crippen molar-refractivity contribution in [1.82, 2.24) is 0 Å². The largest absolute Gasteiger partial charge is 0.466 e. The number of hydrogen-bond acceptors (Lipinski definition) is 5. The molecule has 0 saturated heterocycles. The topological polar surface area (TPSA) is 69.7 Å². The quantitative estimate of drug-likeness (QED) is 0.149. The molecular formula is C27H34O5Se. The molecule has 178 valence electrons. The van der Waals surface area contributed by atoms with Crippen LogP contribution in [0.5, 0.6) is 0 Å². The van der Waals surface area contributed by atoms with Crippen molar-refractivity contribution in [1.29, 1.82) is 0 Å². The molecule has 1 aliphatic carbocycles. The van der Waals surface area contributed by atoms with E-state index in [1.807, 2.05) is 36.4 Å². The summed E-state index contributed by atoms with van der Waals surface area (Å²) in [6.45, 7) is 3.77. The number of rotatable bonds is 15. The summed E-state index contributed by atoms with van der Waals surface area (Å²) < 4.78 is 11.0. The summed E-state index contributed by atoms with van der Waals surface area (Å²) in [7, 11) is 2.76. The molecule has 0 N–H and O–H groups in total. The van der Waals surface area contributed by atoms with Crippen molar-refractivity contribution in [2.24, 2.45) is 5.92 Å². The summed E-state index contributed by atoms with van der Waals surface area (Å²) >= 11 is -0.181. The van der Waals surface area contributed by atoms with Crippen LogP contribution in [-0.4, -0.2) is 45.8 Å². The summed E-state index contributed by atoms with van der Waals surface area (Å²) in [5, 5.41) is 0. The molecular weight excluding hydrogens is 483 g/mol. The van der Waals surface area contributed by atoms with E-state index in [4.69, 9.17) is 9.47 Å². The third-order valence-electron chi connectivity index (χ3n) is 5.50. The molecule has 1 saturated carbocycles. The molecule has 6 heteroatoms. The van der Waals surface area contributed by atoms with Crippen LogP contribution in [-0.2, 0) is 23.9 Å². The summed E-state index contributed by atoms with van der Waals surface area (Å²) in [5.74, 6) is -0.0583. The molecule has 0 spiro atoms. The van der Waals surface area contributed by atoms with E-state index in [0.717, 1.165) is 23.7 Å². The van der Waals surface area contributed by atoms with E-state index in [9.17, 15) is 14.4 Å². The Balaban J connectivity index is 1.83. The number of carbonyl (C=O) groups excluding carboxylic acids is 3. The van der Waals surface area contributed by atoms with Crippen molar-refractivity contribution in [3.63, 3.8) is 0 Å². The minimum absolute atomic E-state index is 0.181. The van der Waals surface area contributed by atoms with Gasteiger partial charge in [0.05, 0.1) is 7.11 Å². The standard InChI is InChI=1S/C27H34O5Se/c1-20(26(29)31-2)10-7-11-21(22-18-19-22)12-8-13-23(27(30)32-3)14-9-17-25(28)33-24-15-5-4-6-16-24/h4-6,11,13,15-16,22H,1,7-10,12,14,17-19H2,2-3H3/b21-11-,23-13?. The summed E-state index contributed by atoms with van der Waals surface area (Å²) in [6.07, 6.45) is 11.2. The van der Waals surface area contributed by atoms with Crippen LogP contribution in [0, 0.1) is 5.92 Å². The Bertz CT molecular complexity index is 881. The minimum Gasteiger partial charge on any atom is -0.466 e. The zero-order valence-corrected chi connectivity index (χ0v) is 21.4. The summed E-state index contributed by atoms with van der Waals surface area (Å²) in [6, 6.07) is 9.80. The van der Waals surface area contributed by atoms with Crippen LogP contribution >= 0.6 is 0 Å². The second-order valence-electron chi connectivity index (χ2n) is 8.09. The Hall–Kier alpha value is -2.43. The average molecular weight is 518 g/mol. The van der Waals surface area contributed by atoms with Gasteiger partial charge in [0.2, 0.25) is 0 Å². The zero-order valence-electron chi connectivity index (χ0n) is 19.6. The maximum absolute atomic E-state index is 12.3. The number of esters is 2. The van der Waals surface area contributed by atoms with E-state index in [2.05, 4.69) is 12.7 Å². The van der Waals surface area contributed by atoms with E-state index in [0.29, 0.717) is 42.7 Å². The number of benzene rings is 1. The van der Waals surface area contributed by atoms with Crippen LogP contribution in [0.4, 0.5) is 0 Å². The molecule has 1 aliphatic rings. The van der Waals surface area contributed by atoms with Crippen molar-refractivity contribution in [3.8, 4) is 0 Å². The molecule has 2 rings (SSSR count). The second kappa shape index (κ2) is 14.7. The molecule has 5 nitrogen and oxygen atoms in total. The van der Waals surface area contributed by atoms with Crippen LogP contribution in [0.1, 0.15) is 57.8 Å². The number of carbonyl (C=O) groups is 3. The first-order valence-corrected chi connectivity index (χ1v) is 13.1. The Kier molecular flexibility index (Phi) is 11.9. The van der Waals surface area contributed by atoms with Crippen LogP contribution < -0.4 is 4.46 Å². The molecule has 0 aliphatic heterocycles. The molecule has 33 heavy (non-hydrogen) atoms. The fourth-order valence-corrected chi connectivity index (χ4v) is 5.21. The third-order valence-corrected chi connectivity index (χ3v) is 7.47. The third kappa shape index (κ3) is 10.4. The molecule has 0 radical (unpaired) electrons. The van der Waals surface area contributed by atoms with Gasteiger partial charge in [0.15, 0.2) is 0 Å². The van der Waals surface area contributed by atoms with Gasteiger partial charge in [-0.15, -0.1) is 0 Å². The van der Waals surface area contributed by atoms with E-state index in [1.54, 1.807) is 0 Å². The first-order valence-electron chi connectivity index (χ1n) is 11.4. The van der Waals surface area contributed by atoms with Gasteiger partial charge in [-0.05, 0) is 0 Å². The van der Waals surface area contributed by atoms with Gasteiger partial charge >= 0.3 is 175 Å². The first kappa shape index (κ1) is 26.8. The van der Waals surface area contributed by atoms with E-state index >= 15 is 0 Å². The molecule has 0 amide bonds. The van der Waals surface area contributed by atoms with E-state index in [1.165, 1.54) is 32.6 Å². The van der Waals surface area contributed by atoms with Crippen molar-refractivity contribution in [2.75, 3.05) is 14.2 Å². The van der Waals surface area contributed by atoms with Gasteiger partial charge in [0.1, 0.15) is 0 Å². The SMILES string of the molecule is C=C(CC/C=C(/CCC=C(CCCC(=O)[Se]c1ccccc1)C(=O)OC)C1CC1)C(=O)OC. The van der Waals surface area contributed by atoms with Crippen molar-refractivity contribution < 1.29 is 23.9 Å². The van der Waals surface area contributed by atoms with Gasteiger partial charge in [0, 0.05) is 5.57 Å². The Labute approximate surface area is 203 Å². The van der Waals surface area contributed by atoms with E-state index < -0.39 is 0 Å². The fraction of sp³-hybridized carbons (Fsp3) is 0.444. The molecule has 1 fully saturated rings. The second-order valence-corrected chi connectivity index (χ2v) is 10.5. The maximum atomic E-state index is 12.3. The molecule has 0 unspecified atom stereocenters. The van der Waals surface area contributed by atoms with Crippen molar-refractivity contribution >= 4 is 36.0 Å². The molecule has 0 atom stereocenters. The first-order chi connectivity index (χ1) is 15.9. The van der Waals surface area contributed by atoms with Gasteiger partial charge in [0.25, 0.3) is 0 Å². The van der Waals surface area contributed by atoms with Gasteiger partial charge < -0.3 is 4.74 Å².